The lowest BCUT2D eigenvalue weighted by molar-refractivity contribution is -0.129. The molecule has 0 spiro atoms. The summed E-state index contributed by atoms with van der Waals surface area (Å²) in [4.78, 5) is 45.0. The molecular weight excluding hydrogens is 476 g/mol. The highest BCUT2D eigenvalue weighted by Gasteiger charge is 2.24. The lowest BCUT2D eigenvalue weighted by atomic mass is 10.3. The maximum Gasteiger partial charge on any atom is 0.409 e. The topological polar surface area (TPSA) is 93.4 Å². The quantitative estimate of drug-likeness (QED) is 0.486. The number of ether oxygens (including phenoxy) is 2. The molecule has 1 aliphatic heterocycles. The minimum atomic E-state index is -0.347. The molecule has 1 aromatic carbocycles. The number of amides is 3. The van der Waals surface area contributed by atoms with Crippen molar-refractivity contribution in [1.29, 1.82) is 0 Å². The SMILES string of the molecule is C=CCn1c(=NC(=O)CSCC(=O)N2CCN(C(=O)OCC)CC2)sc2cc(OCC)ccc21. The van der Waals surface area contributed by atoms with Crippen LogP contribution in [0.3, 0.4) is 0 Å². The van der Waals surface area contributed by atoms with Crippen LogP contribution in [0.2, 0.25) is 0 Å². The van der Waals surface area contributed by atoms with Crippen LogP contribution in [0.1, 0.15) is 13.8 Å². The molecular formula is C23H30N4O5S2. The summed E-state index contributed by atoms with van der Waals surface area (Å²) in [5.74, 6) is 0.739. The second-order valence-electron chi connectivity index (χ2n) is 7.41. The second-order valence-corrected chi connectivity index (χ2v) is 9.41. The molecule has 3 amide bonds. The summed E-state index contributed by atoms with van der Waals surface area (Å²) in [6, 6.07) is 5.80. The maximum absolute atomic E-state index is 12.5. The Morgan fingerprint density at radius 1 is 1.12 bits per heavy atom. The van der Waals surface area contributed by atoms with Gasteiger partial charge in [-0.2, -0.15) is 4.99 Å². The average Bonchev–Trinajstić information content (AvgIpc) is 3.15. The molecule has 2 aromatic rings. The summed E-state index contributed by atoms with van der Waals surface area (Å²) >= 11 is 2.67. The first-order valence-electron chi connectivity index (χ1n) is 11.2. The standard InChI is InChI=1S/C23H30N4O5S2/c1-4-9-27-18-8-7-17(31-5-2)14-19(18)34-22(27)24-20(28)15-33-16-21(29)25-10-12-26(13-11-25)23(30)32-6-3/h4,7-8,14H,1,5-6,9-13,15-16H2,2-3H3. The molecule has 184 valence electrons. The molecule has 34 heavy (non-hydrogen) atoms. The number of allylic oxidation sites excluding steroid dienone is 1. The summed E-state index contributed by atoms with van der Waals surface area (Å²) in [7, 11) is 0. The predicted molar refractivity (Wildman–Crippen MR) is 134 cm³/mol. The van der Waals surface area contributed by atoms with Crippen LogP contribution in [-0.4, -0.2) is 83.2 Å². The fourth-order valence-electron chi connectivity index (χ4n) is 3.51. The molecule has 0 bridgehead atoms. The number of hydrogen-bond acceptors (Lipinski definition) is 7. The van der Waals surface area contributed by atoms with Crippen LogP contribution in [0.15, 0.2) is 35.8 Å². The van der Waals surface area contributed by atoms with Gasteiger partial charge in [-0.15, -0.1) is 18.3 Å². The monoisotopic (exact) mass is 506 g/mol. The van der Waals surface area contributed by atoms with Crippen LogP contribution >= 0.6 is 23.1 Å². The summed E-state index contributed by atoms with van der Waals surface area (Å²) in [5.41, 5.74) is 0.963. The molecule has 0 aliphatic carbocycles. The van der Waals surface area contributed by atoms with Crippen molar-refractivity contribution in [3.63, 3.8) is 0 Å². The summed E-state index contributed by atoms with van der Waals surface area (Å²) in [6.45, 7) is 10.8. The fraction of sp³-hybridized carbons (Fsp3) is 0.478. The lowest BCUT2D eigenvalue weighted by Gasteiger charge is -2.34. The largest absolute Gasteiger partial charge is 0.494 e. The van der Waals surface area contributed by atoms with Gasteiger partial charge in [0.1, 0.15) is 5.75 Å². The third kappa shape index (κ3) is 6.63. The normalized spacial score (nSPS) is 14.4. The Hall–Kier alpha value is -2.79. The van der Waals surface area contributed by atoms with E-state index in [0.717, 1.165) is 16.0 Å². The first kappa shape index (κ1) is 25.8. The number of hydrogen-bond donors (Lipinski definition) is 0. The molecule has 11 heteroatoms. The highest BCUT2D eigenvalue weighted by molar-refractivity contribution is 8.00. The zero-order valence-corrected chi connectivity index (χ0v) is 21.2. The number of fused-ring (bicyclic) bond motifs is 1. The number of thiazole rings is 1. The van der Waals surface area contributed by atoms with Crippen molar-refractivity contribution in [2.45, 2.75) is 20.4 Å². The number of benzene rings is 1. The first-order valence-corrected chi connectivity index (χ1v) is 13.2. The Kier molecular flexibility index (Phi) is 9.58. The molecule has 1 aromatic heterocycles. The number of piperazine rings is 1. The van der Waals surface area contributed by atoms with E-state index in [1.54, 1.807) is 22.8 Å². The highest BCUT2D eigenvalue weighted by atomic mass is 32.2. The molecule has 9 nitrogen and oxygen atoms in total. The number of carbonyl (C=O) groups is 3. The zero-order valence-electron chi connectivity index (χ0n) is 19.5. The van der Waals surface area contributed by atoms with Crippen molar-refractivity contribution in [2.75, 3.05) is 50.9 Å². The van der Waals surface area contributed by atoms with E-state index >= 15 is 0 Å². The fourth-order valence-corrected chi connectivity index (χ4v) is 5.29. The van der Waals surface area contributed by atoms with Gasteiger partial charge in [0.2, 0.25) is 5.91 Å². The van der Waals surface area contributed by atoms with Gasteiger partial charge in [-0.05, 0) is 32.0 Å². The number of thioether (sulfide) groups is 1. The van der Waals surface area contributed by atoms with Gasteiger partial charge in [0.05, 0.1) is 34.9 Å². The van der Waals surface area contributed by atoms with Crippen LogP contribution in [0.4, 0.5) is 4.79 Å². The molecule has 0 N–H and O–H groups in total. The van der Waals surface area contributed by atoms with Gasteiger partial charge in [0, 0.05) is 32.7 Å². The summed E-state index contributed by atoms with van der Waals surface area (Å²) in [5, 5.41) is 0. The van der Waals surface area contributed by atoms with Crippen molar-refractivity contribution in [3.05, 3.63) is 35.7 Å². The Bertz CT molecular complexity index is 1100. The van der Waals surface area contributed by atoms with Gasteiger partial charge in [0.25, 0.3) is 5.91 Å². The van der Waals surface area contributed by atoms with E-state index in [1.165, 1.54) is 23.1 Å². The third-order valence-corrected chi connectivity index (χ3v) is 7.05. The number of carbonyl (C=O) groups excluding carboxylic acids is 3. The molecule has 2 heterocycles. The Balaban J connectivity index is 1.56. The van der Waals surface area contributed by atoms with Gasteiger partial charge in [0.15, 0.2) is 4.80 Å². The molecule has 1 fully saturated rings. The van der Waals surface area contributed by atoms with E-state index in [4.69, 9.17) is 9.47 Å². The molecule has 1 saturated heterocycles. The highest BCUT2D eigenvalue weighted by Crippen LogP contribution is 2.23. The second kappa shape index (κ2) is 12.6. The van der Waals surface area contributed by atoms with E-state index < -0.39 is 0 Å². The van der Waals surface area contributed by atoms with Crippen LogP contribution in [0.25, 0.3) is 10.2 Å². The number of rotatable bonds is 9. The van der Waals surface area contributed by atoms with Crippen LogP contribution < -0.4 is 9.54 Å². The van der Waals surface area contributed by atoms with Gasteiger partial charge >= 0.3 is 6.09 Å². The van der Waals surface area contributed by atoms with E-state index in [1.807, 2.05) is 29.7 Å². The zero-order chi connectivity index (χ0) is 24.5. The summed E-state index contributed by atoms with van der Waals surface area (Å²) < 4.78 is 13.5. The van der Waals surface area contributed by atoms with Gasteiger partial charge in [-0.3, -0.25) is 9.59 Å². The van der Waals surface area contributed by atoms with Crippen molar-refractivity contribution < 1.29 is 23.9 Å². The Morgan fingerprint density at radius 3 is 2.53 bits per heavy atom. The summed E-state index contributed by atoms with van der Waals surface area (Å²) in [6.07, 6.45) is 1.42. The molecule has 0 radical (unpaired) electrons. The number of aromatic nitrogens is 1. The van der Waals surface area contributed by atoms with Gasteiger partial charge in [-0.1, -0.05) is 17.4 Å². The molecule has 0 saturated carbocycles. The van der Waals surface area contributed by atoms with Gasteiger partial charge in [-0.25, -0.2) is 4.79 Å². The van der Waals surface area contributed by atoms with Crippen molar-refractivity contribution in [1.82, 2.24) is 14.4 Å². The first-order chi connectivity index (χ1) is 16.5. The predicted octanol–water partition coefficient (Wildman–Crippen LogP) is 2.75. The number of nitrogens with zero attached hydrogens (tertiary/aromatic N) is 4. The van der Waals surface area contributed by atoms with E-state index in [0.29, 0.717) is 50.7 Å². The van der Waals surface area contributed by atoms with E-state index in [-0.39, 0.29) is 29.4 Å². The Morgan fingerprint density at radius 2 is 1.85 bits per heavy atom. The van der Waals surface area contributed by atoms with Crippen molar-refractivity contribution in [2.24, 2.45) is 4.99 Å². The van der Waals surface area contributed by atoms with Crippen LogP contribution in [0.5, 0.6) is 5.75 Å². The molecule has 1 aliphatic rings. The average molecular weight is 507 g/mol. The lowest BCUT2D eigenvalue weighted by Crippen LogP contribution is -2.51. The van der Waals surface area contributed by atoms with E-state index in [2.05, 4.69) is 11.6 Å². The van der Waals surface area contributed by atoms with Crippen LogP contribution in [-0.2, 0) is 20.9 Å². The van der Waals surface area contributed by atoms with Gasteiger partial charge < -0.3 is 23.8 Å². The van der Waals surface area contributed by atoms with Crippen LogP contribution in [0, 0.1) is 0 Å². The van der Waals surface area contributed by atoms with Crippen molar-refractivity contribution in [3.8, 4) is 5.75 Å². The molecule has 0 unspecified atom stereocenters. The maximum atomic E-state index is 12.5. The van der Waals surface area contributed by atoms with E-state index in [9.17, 15) is 14.4 Å². The van der Waals surface area contributed by atoms with Crippen molar-refractivity contribution >= 4 is 51.2 Å². The minimum Gasteiger partial charge on any atom is -0.494 e. The smallest absolute Gasteiger partial charge is 0.409 e. The minimum absolute atomic E-state index is 0.0478. The molecule has 3 rings (SSSR count). The third-order valence-electron chi connectivity index (χ3n) is 5.11. The molecule has 0 atom stereocenters. The Labute approximate surface area is 207 Å².